The first-order valence-corrected chi connectivity index (χ1v) is 7.12. The van der Waals surface area contributed by atoms with Crippen LogP contribution in [0.3, 0.4) is 0 Å². The van der Waals surface area contributed by atoms with E-state index in [2.05, 4.69) is 22.0 Å². The molecule has 18 heavy (non-hydrogen) atoms. The summed E-state index contributed by atoms with van der Waals surface area (Å²) in [5.41, 5.74) is 0. The zero-order valence-electron chi connectivity index (χ0n) is 10.9. The number of amides is 1. The van der Waals surface area contributed by atoms with Gasteiger partial charge in [-0.25, -0.2) is 9.78 Å². The Kier molecular flexibility index (Phi) is 4.54. The van der Waals surface area contributed by atoms with Crippen LogP contribution < -0.4 is 10.2 Å². The van der Waals surface area contributed by atoms with Crippen molar-refractivity contribution in [1.29, 1.82) is 0 Å². The Labute approximate surface area is 111 Å². The number of nitrogens with one attached hydrogen (secondary N) is 2. The lowest BCUT2D eigenvalue weighted by atomic mass is 9.99. The molecule has 1 aromatic rings. The molecule has 1 fully saturated rings. The molecule has 0 radical (unpaired) electrons. The summed E-state index contributed by atoms with van der Waals surface area (Å²) in [6, 6.07) is 0. The first-order chi connectivity index (χ1) is 8.67. The van der Waals surface area contributed by atoms with Gasteiger partial charge in [-0.15, -0.1) is 0 Å². The molecule has 1 aliphatic heterocycles. The highest BCUT2D eigenvalue weighted by atomic mass is 32.1. The van der Waals surface area contributed by atoms with Crippen LogP contribution >= 0.6 is 11.3 Å². The number of piperidine rings is 1. The number of carbonyl (C=O) groups is 1. The molecule has 6 heteroatoms. The van der Waals surface area contributed by atoms with Gasteiger partial charge in [-0.3, -0.25) is 5.32 Å². The number of rotatable bonds is 3. The fourth-order valence-electron chi connectivity index (χ4n) is 2.18. The molecular formula is C12H20N3O2S+. The third-order valence-corrected chi connectivity index (χ3v) is 4.27. The summed E-state index contributed by atoms with van der Waals surface area (Å²) < 4.78 is 4.54. The summed E-state index contributed by atoms with van der Waals surface area (Å²) in [4.78, 5) is 18.0. The van der Waals surface area contributed by atoms with Gasteiger partial charge in [0.25, 0.3) is 0 Å². The molecule has 0 aromatic carbocycles. The van der Waals surface area contributed by atoms with Crippen LogP contribution in [0.4, 0.5) is 9.93 Å². The molecule has 5 nitrogen and oxygen atoms in total. The number of hydrogen-bond acceptors (Lipinski definition) is 4. The summed E-state index contributed by atoms with van der Waals surface area (Å²) in [5.74, 6) is 0.867. The van der Waals surface area contributed by atoms with Gasteiger partial charge in [0, 0.05) is 6.20 Å². The average Bonchev–Trinajstić information content (AvgIpc) is 2.79. The predicted octanol–water partition coefficient (Wildman–Crippen LogP) is 1.14. The standard InChI is InChI=1S/C12H19N3O2S/c1-9-3-5-15(6-4-9)8-10-7-13-11(18-10)14-12(16)17-2/h7,9H,3-6,8H2,1-2H3,(H,13,14,16)/p+1. The lowest BCUT2D eigenvalue weighted by Crippen LogP contribution is -3.11. The zero-order chi connectivity index (χ0) is 13.0. The number of quaternary nitrogens is 1. The maximum Gasteiger partial charge on any atom is 0.413 e. The van der Waals surface area contributed by atoms with Gasteiger partial charge in [0.05, 0.1) is 25.1 Å². The fraction of sp³-hybridized carbons (Fsp3) is 0.667. The topological polar surface area (TPSA) is 55.7 Å². The van der Waals surface area contributed by atoms with Crippen LogP contribution in [-0.2, 0) is 11.3 Å². The summed E-state index contributed by atoms with van der Waals surface area (Å²) in [7, 11) is 1.35. The molecule has 1 aliphatic rings. The number of nitrogens with zero attached hydrogens (tertiary/aromatic N) is 1. The molecule has 0 spiro atoms. The van der Waals surface area contributed by atoms with Gasteiger partial charge >= 0.3 is 6.09 Å². The van der Waals surface area contributed by atoms with Crippen LogP contribution in [0.25, 0.3) is 0 Å². The van der Waals surface area contributed by atoms with Crippen molar-refractivity contribution in [2.45, 2.75) is 26.3 Å². The Morgan fingerprint density at radius 2 is 2.33 bits per heavy atom. The largest absolute Gasteiger partial charge is 0.453 e. The van der Waals surface area contributed by atoms with E-state index in [1.54, 1.807) is 4.90 Å². The van der Waals surface area contributed by atoms with Crippen LogP contribution in [0.5, 0.6) is 0 Å². The quantitative estimate of drug-likeness (QED) is 0.866. The molecular weight excluding hydrogens is 250 g/mol. The Morgan fingerprint density at radius 3 is 3.00 bits per heavy atom. The van der Waals surface area contributed by atoms with E-state index in [0.717, 1.165) is 12.5 Å². The van der Waals surface area contributed by atoms with E-state index in [4.69, 9.17) is 0 Å². The molecule has 0 bridgehead atoms. The summed E-state index contributed by atoms with van der Waals surface area (Å²) in [6.45, 7) is 5.80. The predicted molar refractivity (Wildman–Crippen MR) is 70.9 cm³/mol. The van der Waals surface area contributed by atoms with E-state index in [9.17, 15) is 4.79 Å². The number of anilines is 1. The second-order valence-electron chi connectivity index (χ2n) is 4.86. The van der Waals surface area contributed by atoms with Crippen molar-refractivity contribution in [3.63, 3.8) is 0 Å². The van der Waals surface area contributed by atoms with Crippen molar-refractivity contribution < 1.29 is 14.4 Å². The lowest BCUT2D eigenvalue weighted by molar-refractivity contribution is -0.919. The average molecular weight is 270 g/mol. The molecule has 2 N–H and O–H groups in total. The molecule has 2 heterocycles. The van der Waals surface area contributed by atoms with Crippen LogP contribution in [0.1, 0.15) is 24.6 Å². The maximum absolute atomic E-state index is 11.0. The molecule has 1 aromatic heterocycles. The van der Waals surface area contributed by atoms with Gasteiger partial charge in [-0.05, 0) is 18.8 Å². The minimum Gasteiger partial charge on any atom is -0.453 e. The highest BCUT2D eigenvalue weighted by Crippen LogP contribution is 2.17. The van der Waals surface area contributed by atoms with Crippen LogP contribution in [-0.4, -0.2) is 31.3 Å². The highest BCUT2D eigenvalue weighted by Gasteiger charge is 2.20. The first-order valence-electron chi connectivity index (χ1n) is 6.30. The minimum absolute atomic E-state index is 0.463. The Morgan fingerprint density at radius 1 is 1.61 bits per heavy atom. The third-order valence-electron chi connectivity index (χ3n) is 3.35. The van der Waals surface area contributed by atoms with Gasteiger partial charge in [0.2, 0.25) is 0 Å². The Bertz CT molecular complexity index is 400. The molecule has 0 saturated carbocycles. The number of likely N-dealkylation sites (tertiary alicyclic amines) is 1. The van der Waals surface area contributed by atoms with Crippen LogP contribution in [0.15, 0.2) is 6.20 Å². The SMILES string of the molecule is COC(=O)Nc1ncc(C[NH+]2CCC(C)CC2)s1. The summed E-state index contributed by atoms with van der Waals surface area (Å²) in [6.07, 6.45) is 4.00. The van der Waals surface area contributed by atoms with Crippen LogP contribution in [0, 0.1) is 5.92 Å². The van der Waals surface area contributed by atoms with Crippen molar-refractivity contribution in [1.82, 2.24) is 4.98 Å². The molecule has 0 unspecified atom stereocenters. The second kappa shape index (κ2) is 6.15. The molecule has 1 saturated heterocycles. The van der Waals surface area contributed by atoms with Crippen molar-refractivity contribution in [3.8, 4) is 0 Å². The van der Waals surface area contributed by atoms with Crippen molar-refractivity contribution in [2.75, 3.05) is 25.5 Å². The first kappa shape index (κ1) is 13.3. The van der Waals surface area contributed by atoms with Gasteiger partial charge in [-0.1, -0.05) is 18.3 Å². The van der Waals surface area contributed by atoms with Gasteiger partial charge in [-0.2, -0.15) is 0 Å². The van der Waals surface area contributed by atoms with Gasteiger partial charge in [0.15, 0.2) is 5.13 Å². The molecule has 0 aliphatic carbocycles. The van der Waals surface area contributed by atoms with E-state index in [-0.39, 0.29) is 0 Å². The smallest absolute Gasteiger partial charge is 0.413 e. The van der Waals surface area contributed by atoms with Crippen molar-refractivity contribution in [2.24, 2.45) is 5.92 Å². The van der Waals surface area contributed by atoms with E-state index in [1.807, 2.05) is 6.20 Å². The molecule has 2 rings (SSSR count). The van der Waals surface area contributed by atoms with Crippen LogP contribution in [0.2, 0.25) is 0 Å². The van der Waals surface area contributed by atoms with E-state index < -0.39 is 6.09 Å². The zero-order valence-corrected chi connectivity index (χ0v) is 11.7. The highest BCUT2D eigenvalue weighted by molar-refractivity contribution is 7.15. The minimum atomic E-state index is -0.463. The van der Waals surface area contributed by atoms with E-state index in [0.29, 0.717) is 5.13 Å². The maximum atomic E-state index is 11.0. The molecule has 1 amide bonds. The number of carbonyl (C=O) groups excluding carboxylic acids is 1. The number of methoxy groups -OCH3 is 1. The normalized spacial score (nSPS) is 23.7. The second-order valence-corrected chi connectivity index (χ2v) is 5.97. The number of aromatic nitrogens is 1. The lowest BCUT2D eigenvalue weighted by Gasteiger charge is -2.26. The van der Waals surface area contributed by atoms with Gasteiger partial charge in [0.1, 0.15) is 6.54 Å². The van der Waals surface area contributed by atoms with Crippen molar-refractivity contribution >= 4 is 22.6 Å². The molecule has 0 atom stereocenters. The third kappa shape index (κ3) is 3.68. The molecule has 100 valence electrons. The monoisotopic (exact) mass is 270 g/mol. The Hall–Kier alpha value is -1.14. The summed E-state index contributed by atoms with van der Waals surface area (Å²) >= 11 is 1.53. The number of ether oxygens (including phenoxy) is 1. The fourth-order valence-corrected chi connectivity index (χ4v) is 3.05. The van der Waals surface area contributed by atoms with Gasteiger partial charge < -0.3 is 9.64 Å². The number of thiazole rings is 1. The van der Waals surface area contributed by atoms with Crippen molar-refractivity contribution in [3.05, 3.63) is 11.1 Å². The summed E-state index contributed by atoms with van der Waals surface area (Å²) in [5, 5.41) is 3.21. The number of hydrogen-bond donors (Lipinski definition) is 2. The van der Waals surface area contributed by atoms with E-state index >= 15 is 0 Å². The Balaban J connectivity index is 1.84. The van der Waals surface area contributed by atoms with E-state index in [1.165, 1.54) is 49.3 Å².